The van der Waals surface area contributed by atoms with Crippen LogP contribution in [0.1, 0.15) is 13.3 Å². The summed E-state index contributed by atoms with van der Waals surface area (Å²) in [4.78, 5) is 4.00. The van der Waals surface area contributed by atoms with Gasteiger partial charge in [0.2, 0.25) is 0 Å². The lowest BCUT2D eigenvalue weighted by molar-refractivity contribution is 0.771. The van der Waals surface area contributed by atoms with Gasteiger partial charge in [0.25, 0.3) is 0 Å². The molecule has 0 bridgehead atoms. The molecule has 1 aromatic rings. The molecule has 0 saturated carbocycles. The van der Waals surface area contributed by atoms with Gasteiger partial charge in [0.15, 0.2) is 0 Å². The summed E-state index contributed by atoms with van der Waals surface area (Å²) >= 11 is 5.29. The van der Waals surface area contributed by atoms with E-state index in [-0.39, 0.29) is 0 Å². The topological polar surface area (TPSA) is 50.9 Å². The zero-order valence-corrected chi connectivity index (χ0v) is 11.4. The van der Waals surface area contributed by atoms with E-state index in [0.29, 0.717) is 11.7 Å². The molecule has 3 N–H and O–H groups in total. The molecule has 1 atom stereocenters. The quantitative estimate of drug-likeness (QED) is 0.875. The van der Waals surface area contributed by atoms with Crippen LogP contribution in [0.5, 0.6) is 0 Å². The molecule has 0 aliphatic carbocycles. The van der Waals surface area contributed by atoms with Crippen LogP contribution in [0, 0.1) is 0 Å². The Labute approximate surface area is 103 Å². The maximum atomic E-state index is 5.84. The van der Waals surface area contributed by atoms with Crippen molar-refractivity contribution >= 4 is 39.1 Å². The number of halogens is 1. The van der Waals surface area contributed by atoms with E-state index in [2.05, 4.69) is 39.4 Å². The van der Waals surface area contributed by atoms with Crippen LogP contribution >= 0.6 is 27.7 Å². The smallest absolute Gasteiger partial charge is 0.0752 e. The van der Waals surface area contributed by atoms with E-state index in [4.69, 9.17) is 5.73 Å². The summed E-state index contributed by atoms with van der Waals surface area (Å²) in [6.07, 6.45) is 6.65. The summed E-state index contributed by atoms with van der Waals surface area (Å²) in [6, 6.07) is 0.415. The Morgan fingerprint density at radius 1 is 1.60 bits per heavy atom. The van der Waals surface area contributed by atoms with E-state index in [0.717, 1.165) is 22.3 Å². The Hall–Kier alpha value is -0.420. The van der Waals surface area contributed by atoms with Crippen LogP contribution in [-0.4, -0.2) is 23.0 Å². The fraction of sp³-hybridized carbons (Fsp3) is 0.500. The molecule has 0 fully saturated rings. The van der Waals surface area contributed by atoms with Crippen molar-refractivity contribution in [2.24, 2.45) is 0 Å². The molecule has 0 amide bonds. The zero-order chi connectivity index (χ0) is 11.3. The number of nitrogen functional groups attached to an aromatic ring is 1. The Morgan fingerprint density at radius 2 is 2.33 bits per heavy atom. The van der Waals surface area contributed by atoms with Crippen LogP contribution < -0.4 is 11.1 Å². The Kier molecular flexibility index (Phi) is 5.25. The maximum absolute atomic E-state index is 5.84. The summed E-state index contributed by atoms with van der Waals surface area (Å²) in [7, 11) is 0. The fourth-order valence-electron chi connectivity index (χ4n) is 1.22. The summed E-state index contributed by atoms with van der Waals surface area (Å²) in [5.74, 6) is 1.15. The van der Waals surface area contributed by atoms with Crippen LogP contribution in [0.25, 0.3) is 0 Å². The van der Waals surface area contributed by atoms with E-state index in [1.54, 1.807) is 12.4 Å². The third-order valence-corrected chi connectivity index (χ3v) is 3.32. The van der Waals surface area contributed by atoms with Gasteiger partial charge in [0, 0.05) is 12.2 Å². The number of nitrogens with two attached hydrogens (primary N) is 1. The van der Waals surface area contributed by atoms with Gasteiger partial charge in [-0.25, -0.2) is 0 Å². The SMILES string of the molecule is CSCCC(C)Nc1c(N)cncc1Br. The second-order valence-electron chi connectivity index (χ2n) is 3.41. The highest BCUT2D eigenvalue weighted by Gasteiger charge is 2.07. The first kappa shape index (κ1) is 12.6. The summed E-state index contributed by atoms with van der Waals surface area (Å²) in [5.41, 5.74) is 7.46. The van der Waals surface area contributed by atoms with Gasteiger partial charge < -0.3 is 11.1 Å². The minimum absolute atomic E-state index is 0.415. The van der Waals surface area contributed by atoms with Crippen LogP contribution in [0.4, 0.5) is 11.4 Å². The molecule has 3 nitrogen and oxygen atoms in total. The Bertz CT molecular complexity index is 299. The van der Waals surface area contributed by atoms with Gasteiger partial charge >= 0.3 is 0 Å². The third-order valence-electron chi connectivity index (χ3n) is 2.07. The molecule has 0 radical (unpaired) electrons. The largest absolute Gasteiger partial charge is 0.396 e. The third kappa shape index (κ3) is 3.91. The monoisotopic (exact) mass is 289 g/mol. The second-order valence-corrected chi connectivity index (χ2v) is 5.25. The van der Waals surface area contributed by atoms with Gasteiger partial charge in [-0.05, 0) is 41.3 Å². The molecule has 0 aliphatic heterocycles. The number of rotatable bonds is 5. The standard InChI is InChI=1S/C10H16BrN3S/c1-7(3-4-15-2)14-10-8(11)5-13-6-9(10)12/h5-7H,3-4,12H2,1-2H3,(H,13,14). The first-order valence-electron chi connectivity index (χ1n) is 4.79. The zero-order valence-electron chi connectivity index (χ0n) is 8.96. The number of hydrogen-bond acceptors (Lipinski definition) is 4. The van der Waals surface area contributed by atoms with E-state index >= 15 is 0 Å². The minimum Gasteiger partial charge on any atom is -0.396 e. The average Bonchev–Trinajstić information content (AvgIpc) is 2.21. The highest BCUT2D eigenvalue weighted by atomic mass is 79.9. The minimum atomic E-state index is 0.415. The lowest BCUT2D eigenvalue weighted by atomic mass is 10.2. The summed E-state index contributed by atoms with van der Waals surface area (Å²) in [5, 5.41) is 3.39. The lowest BCUT2D eigenvalue weighted by Crippen LogP contribution is -2.17. The van der Waals surface area contributed by atoms with Crippen molar-refractivity contribution in [1.82, 2.24) is 4.98 Å². The van der Waals surface area contributed by atoms with Gasteiger partial charge in [-0.15, -0.1) is 0 Å². The van der Waals surface area contributed by atoms with Crippen molar-refractivity contribution in [3.8, 4) is 0 Å². The number of aromatic nitrogens is 1. The molecule has 15 heavy (non-hydrogen) atoms. The predicted molar refractivity (Wildman–Crippen MR) is 72.4 cm³/mol. The fourth-order valence-corrected chi connectivity index (χ4v) is 2.27. The first-order valence-corrected chi connectivity index (χ1v) is 6.98. The molecule has 0 spiro atoms. The van der Waals surface area contributed by atoms with Crippen LogP contribution in [0.15, 0.2) is 16.9 Å². The Morgan fingerprint density at radius 3 is 2.93 bits per heavy atom. The van der Waals surface area contributed by atoms with Gasteiger partial charge in [0.05, 0.1) is 22.0 Å². The predicted octanol–water partition coefficient (Wildman–Crippen LogP) is 2.98. The Balaban J connectivity index is 2.63. The average molecular weight is 290 g/mol. The molecule has 1 rings (SSSR count). The molecular weight excluding hydrogens is 274 g/mol. The summed E-state index contributed by atoms with van der Waals surface area (Å²) in [6.45, 7) is 2.16. The molecule has 1 unspecified atom stereocenters. The molecule has 84 valence electrons. The number of pyridine rings is 1. The van der Waals surface area contributed by atoms with E-state index < -0.39 is 0 Å². The highest BCUT2D eigenvalue weighted by molar-refractivity contribution is 9.10. The molecule has 1 aromatic heterocycles. The highest BCUT2D eigenvalue weighted by Crippen LogP contribution is 2.28. The van der Waals surface area contributed by atoms with Gasteiger partial charge in [-0.1, -0.05) is 0 Å². The molecule has 0 saturated heterocycles. The van der Waals surface area contributed by atoms with Crippen molar-refractivity contribution in [3.63, 3.8) is 0 Å². The van der Waals surface area contributed by atoms with Gasteiger partial charge in [0.1, 0.15) is 0 Å². The number of anilines is 2. The van der Waals surface area contributed by atoms with Crippen LogP contribution in [0.2, 0.25) is 0 Å². The van der Waals surface area contributed by atoms with Crippen LogP contribution in [-0.2, 0) is 0 Å². The molecule has 0 aromatic carbocycles. The lowest BCUT2D eigenvalue weighted by Gasteiger charge is -2.17. The van der Waals surface area contributed by atoms with E-state index in [1.165, 1.54) is 0 Å². The number of nitrogens with one attached hydrogen (secondary N) is 1. The number of hydrogen-bond donors (Lipinski definition) is 2. The summed E-state index contributed by atoms with van der Waals surface area (Å²) < 4.78 is 0.915. The normalized spacial score (nSPS) is 12.5. The number of thioether (sulfide) groups is 1. The van der Waals surface area contributed by atoms with E-state index in [9.17, 15) is 0 Å². The van der Waals surface area contributed by atoms with Crippen molar-refractivity contribution in [2.45, 2.75) is 19.4 Å². The second kappa shape index (κ2) is 6.23. The molecule has 5 heteroatoms. The van der Waals surface area contributed by atoms with Crippen molar-refractivity contribution in [1.29, 1.82) is 0 Å². The first-order chi connectivity index (χ1) is 7.15. The van der Waals surface area contributed by atoms with E-state index in [1.807, 2.05) is 11.8 Å². The molecule has 0 aliphatic rings. The van der Waals surface area contributed by atoms with Crippen molar-refractivity contribution in [3.05, 3.63) is 16.9 Å². The van der Waals surface area contributed by atoms with Crippen LogP contribution in [0.3, 0.4) is 0 Å². The van der Waals surface area contributed by atoms with Crippen molar-refractivity contribution < 1.29 is 0 Å². The van der Waals surface area contributed by atoms with Crippen molar-refractivity contribution in [2.75, 3.05) is 23.1 Å². The number of nitrogens with zero attached hydrogens (tertiary/aromatic N) is 1. The van der Waals surface area contributed by atoms with Gasteiger partial charge in [-0.3, -0.25) is 4.98 Å². The van der Waals surface area contributed by atoms with Gasteiger partial charge in [-0.2, -0.15) is 11.8 Å². The molecular formula is C10H16BrN3S. The molecule has 1 heterocycles. The maximum Gasteiger partial charge on any atom is 0.0752 e.